The van der Waals surface area contributed by atoms with Gasteiger partial charge in [0.15, 0.2) is 0 Å². The van der Waals surface area contributed by atoms with Gasteiger partial charge in [-0.3, -0.25) is 9.52 Å². The molecule has 0 bridgehead atoms. The van der Waals surface area contributed by atoms with Crippen LogP contribution in [0.1, 0.15) is 37.7 Å². The Kier molecular flexibility index (Phi) is 5.39. The molecule has 2 aliphatic carbocycles. The van der Waals surface area contributed by atoms with Crippen LogP contribution >= 0.6 is 0 Å². The van der Waals surface area contributed by atoms with Crippen molar-refractivity contribution in [2.24, 2.45) is 5.92 Å². The molecule has 2 aromatic carbocycles. The largest absolute Gasteiger partial charge is 0.506 e. The zero-order valence-corrected chi connectivity index (χ0v) is 21.2. The van der Waals surface area contributed by atoms with Crippen molar-refractivity contribution in [1.29, 1.82) is 0 Å². The second-order valence-electron chi connectivity index (χ2n) is 9.83. The molecular weight excluding hydrogens is 521 g/mol. The minimum absolute atomic E-state index is 0.0983. The molecular formula is C25H24FN3O6S2. The fraction of sp³-hybridized carbons (Fsp3) is 0.320. The summed E-state index contributed by atoms with van der Waals surface area (Å²) in [7, 11) is -7.73. The SMILES string of the molecule is O=c1c(C2=CS(=O)(=O)c3cc(NS(=O)(=O)C4CC4)ccc3N2)c(O)c2cc(F)ccc2n1CCC1CC1. The molecule has 3 aliphatic rings. The number of hydrogen-bond donors (Lipinski definition) is 3. The van der Waals surface area contributed by atoms with E-state index in [1.54, 1.807) is 0 Å². The summed E-state index contributed by atoms with van der Waals surface area (Å²) < 4.78 is 69.0. The predicted octanol–water partition coefficient (Wildman–Crippen LogP) is 3.75. The maximum atomic E-state index is 14.1. The molecule has 0 radical (unpaired) electrons. The summed E-state index contributed by atoms with van der Waals surface area (Å²) >= 11 is 0. The molecule has 194 valence electrons. The second kappa shape index (κ2) is 8.32. The lowest BCUT2D eigenvalue weighted by Crippen LogP contribution is -2.27. The number of halogens is 1. The third kappa shape index (κ3) is 4.37. The molecule has 0 unspecified atom stereocenters. The fourth-order valence-electron chi connectivity index (χ4n) is 4.66. The van der Waals surface area contributed by atoms with E-state index >= 15 is 0 Å². The van der Waals surface area contributed by atoms with Crippen molar-refractivity contribution in [3.05, 3.63) is 63.5 Å². The molecule has 0 saturated heterocycles. The number of aromatic hydroxyl groups is 1. The van der Waals surface area contributed by atoms with Crippen molar-refractivity contribution >= 4 is 47.8 Å². The highest BCUT2D eigenvalue weighted by molar-refractivity contribution is 7.94. The van der Waals surface area contributed by atoms with Crippen LogP contribution in [0.3, 0.4) is 0 Å². The van der Waals surface area contributed by atoms with Crippen LogP contribution in [0.2, 0.25) is 0 Å². The smallest absolute Gasteiger partial charge is 0.264 e. The van der Waals surface area contributed by atoms with Crippen LogP contribution in [0.25, 0.3) is 16.6 Å². The summed E-state index contributed by atoms with van der Waals surface area (Å²) in [6, 6.07) is 7.80. The maximum Gasteiger partial charge on any atom is 0.264 e. The third-order valence-corrected chi connectivity index (χ3v) is 10.3. The number of pyridine rings is 1. The number of fused-ring (bicyclic) bond motifs is 2. The van der Waals surface area contributed by atoms with Gasteiger partial charge in [-0.1, -0.05) is 12.8 Å². The van der Waals surface area contributed by atoms with Crippen LogP contribution < -0.4 is 15.6 Å². The lowest BCUT2D eigenvalue weighted by atomic mass is 10.1. The quantitative estimate of drug-likeness (QED) is 0.412. The highest BCUT2D eigenvalue weighted by Crippen LogP contribution is 2.39. The Morgan fingerprint density at radius 1 is 1.11 bits per heavy atom. The van der Waals surface area contributed by atoms with Gasteiger partial charge in [-0.25, -0.2) is 21.2 Å². The van der Waals surface area contributed by atoms with Gasteiger partial charge < -0.3 is 15.0 Å². The van der Waals surface area contributed by atoms with Gasteiger partial charge in [0.05, 0.1) is 32.5 Å². The summed E-state index contributed by atoms with van der Waals surface area (Å²) in [5.74, 6) is -0.621. The first-order valence-electron chi connectivity index (χ1n) is 12.0. The zero-order chi connectivity index (χ0) is 26.1. The van der Waals surface area contributed by atoms with E-state index < -0.39 is 42.2 Å². The van der Waals surface area contributed by atoms with E-state index in [0.717, 1.165) is 30.7 Å². The van der Waals surface area contributed by atoms with E-state index in [1.165, 1.54) is 34.9 Å². The maximum absolute atomic E-state index is 14.1. The van der Waals surface area contributed by atoms with Crippen molar-refractivity contribution in [3.63, 3.8) is 0 Å². The van der Waals surface area contributed by atoms with E-state index in [1.807, 2.05) is 0 Å². The minimum Gasteiger partial charge on any atom is -0.506 e. The number of sulfonamides is 1. The van der Waals surface area contributed by atoms with E-state index in [0.29, 0.717) is 30.8 Å². The van der Waals surface area contributed by atoms with Crippen LogP contribution in [0.15, 0.2) is 51.5 Å². The zero-order valence-electron chi connectivity index (χ0n) is 19.6. The molecule has 2 heterocycles. The molecule has 2 saturated carbocycles. The standard InChI is InChI=1S/C25H24FN3O6S2/c26-15-3-8-21-18(11-15)24(30)23(25(31)29(21)10-9-14-1-2-14)20-13-36(32,33)22-12-16(4-7-19(22)27-20)28-37(34,35)17-5-6-17/h3-4,7-8,11-14,17,27-28,30H,1-2,5-6,9-10H2. The molecule has 0 atom stereocenters. The van der Waals surface area contributed by atoms with E-state index in [9.17, 15) is 31.1 Å². The first kappa shape index (κ1) is 24.0. The normalized spacial score (nSPS) is 18.7. The number of sulfone groups is 1. The van der Waals surface area contributed by atoms with Crippen LogP contribution in [-0.4, -0.2) is 31.8 Å². The van der Waals surface area contributed by atoms with Crippen molar-refractivity contribution in [2.75, 3.05) is 10.0 Å². The first-order chi connectivity index (χ1) is 17.5. The summed E-state index contributed by atoms with van der Waals surface area (Å²) in [6.07, 6.45) is 4.01. The number of nitrogens with zero attached hydrogens (tertiary/aromatic N) is 1. The van der Waals surface area contributed by atoms with Crippen molar-refractivity contribution in [2.45, 2.75) is 48.8 Å². The number of hydrogen-bond acceptors (Lipinski definition) is 7. The van der Waals surface area contributed by atoms with Gasteiger partial charge in [0.1, 0.15) is 17.1 Å². The van der Waals surface area contributed by atoms with Crippen LogP contribution in [0, 0.1) is 11.7 Å². The third-order valence-electron chi connectivity index (χ3n) is 6.98. The molecule has 0 amide bonds. The first-order valence-corrected chi connectivity index (χ1v) is 15.1. The van der Waals surface area contributed by atoms with Crippen molar-refractivity contribution in [3.8, 4) is 5.75 Å². The molecule has 1 aromatic heterocycles. The topological polar surface area (TPSA) is 135 Å². The molecule has 37 heavy (non-hydrogen) atoms. The van der Waals surface area contributed by atoms with Gasteiger partial charge in [-0.15, -0.1) is 0 Å². The summed E-state index contributed by atoms with van der Waals surface area (Å²) in [6.45, 7) is 0.347. The average Bonchev–Trinajstić information content (AvgIpc) is 3.73. The van der Waals surface area contributed by atoms with Crippen LogP contribution in [-0.2, 0) is 26.4 Å². The Bertz CT molecular complexity index is 1770. The number of rotatable bonds is 7. The minimum atomic E-state index is -4.14. The number of aromatic nitrogens is 1. The highest BCUT2D eigenvalue weighted by atomic mass is 32.2. The summed E-state index contributed by atoms with van der Waals surface area (Å²) in [4.78, 5) is 13.4. The molecule has 12 heteroatoms. The van der Waals surface area contributed by atoms with Gasteiger partial charge in [-0.05, 0) is 61.6 Å². The molecule has 3 aromatic rings. The van der Waals surface area contributed by atoms with E-state index in [2.05, 4.69) is 10.0 Å². The number of aryl methyl sites for hydroxylation is 1. The summed E-state index contributed by atoms with van der Waals surface area (Å²) in [5.41, 5.74) is -0.424. The molecule has 2 fully saturated rings. The number of benzene rings is 2. The molecule has 6 rings (SSSR count). The molecule has 3 N–H and O–H groups in total. The van der Waals surface area contributed by atoms with E-state index in [-0.39, 0.29) is 32.9 Å². The van der Waals surface area contributed by atoms with Crippen molar-refractivity contribution in [1.82, 2.24) is 4.57 Å². The average molecular weight is 546 g/mol. The Morgan fingerprint density at radius 2 is 1.86 bits per heavy atom. The second-order valence-corrected chi connectivity index (χ2v) is 13.6. The Labute approximate surface area is 212 Å². The highest BCUT2D eigenvalue weighted by Gasteiger charge is 2.36. The summed E-state index contributed by atoms with van der Waals surface area (Å²) in [5, 5.41) is 14.4. The number of nitrogens with one attached hydrogen (secondary N) is 2. The Morgan fingerprint density at radius 3 is 2.57 bits per heavy atom. The monoisotopic (exact) mass is 545 g/mol. The van der Waals surface area contributed by atoms with Gasteiger partial charge in [0.25, 0.3) is 5.56 Å². The predicted molar refractivity (Wildman–Crippen MR) is 138 cm³/mol. The van der Waals surface area contributed by atoms with Crippen LogP contribution in [0.4, 0.5) is 15.8 Å². The van der Waals surface area contributed by atoms with E-state index in [4.69, 9.17) is 0 Å². The lowest BCUT2D eigenvalue weighted by Gasteiger charge is -2.22. The van der Waals surface area contributed by atoms with Gasteiger partial charge >= 0.3 is 0 Å². The van der Waals surface area contributed by atoms with Gasteiger partial charge in [-0.2, -0.15) is 0 Å². The van der Waals surface area contributed by atoms with Crippen molar-refractivity contribution < 1.29 is 26.3 Å². The Hall–Kier alpha value is -3.38. The molecule has 9 nitrogen and oxygen atoms in total. The van der Waals surface area contributed by atoms with Gasteiger partial charge in [0.2, 0.25) is 19.9 Å². The molecule has 0 spiro atoms. The Balaban J connectivity index is 1.45. The van der Waals surface area contributed by atoms with Gasteiger partial charge in [0, 0.05) is 17.6 Å². The molecule has 1 aliphatic heterocycles. The fourth-order valence-corrected chi connectivity index (χ4v) is 7.37. The lowest BCUT2D eigenvalue weighted by molar-refractivity contribution is 0.475. The van der Waals surface area contributed by atoms with Crippen LogP contribution in [0.5, 0.6) is 5.75 Å². The number of anilines is 2.